The number of anilines is 3. The highest BCUT2D eigenvalue weighted by molar-refractivity contribution is 6.35. The topological polar surface area (TPSA) is 115 Å². The van der Waals surface area contributed by atoms with Gasteiger partial charge in [0.2, 0.25) is 11.7 Å². The Hall–Kier alpha value is -2.44. The van der Waals surface area contributed by atoms with Crippen molar-refractivity contribution in [3.63, 3.8) is 0 Å². The molecule has 2 aliphatic rings. The monoisotopic (exact) mass is 556 g/mol. The van der Waals surface area contributed by atoms with Crippen molar-refractivity contribution in [3.8, 4) is 0 Å². The van der Waals surface area contributed by atoms with E-state index in [1.54, 1.807) is 30.2 Å². The van der Waals surface area contributed by atoms with Gasteiger partial charge in [0, 0.05) is 42.5 Å². The van der Waals surface area contributed by atoms with Crippen molar-refractivity contribution in [1.29, 1.82) is 0 Å². The fourth-order valence-corrected chi connectivity index (χ4v) is 5.25. The molecule has 3 N–H and O–H groups in total. The molecule has 202 valence electrons. The molecule has 0 aliphatic carbocycles. The van der Waals surface area contributed by atoms with Crippen LogP contribution < -0.4 is 16.0 Å². The van der Waals surface area contributed by atoms with E-state index in [0.717, 1.165) is 6.42 Å². The Labute approximate surface area is 225 Å². The third-order valence-electron chi connectivity index (χ3n) is 6.42. The van der Waals surface area contributed by atoms with Gasteiger partial charge in [0.25, 0.3) is 0 Å². The third kappa shape index (κ3) is 7.11. The van der Waals surface area contributed by atoms with Crippen LogP contribution in [0.4, 0.5) is 21.7 Å². The van der Waals surface area contributed by atoms with Gasteiger partial charge in [0.15, 0.2) is 11.6 Å². The Balaban J connectivity index is 1.50. The van der Waals surface area contributed by atoms with E-state index in [1.807, 2.05) is 4.90 Å². The highest BCUT2D eigenvalue weighted by atomic mass is 35.5. The van der Waals surface area contributed by atoms with Gasteiger partial charge in [-0.2, -0.15) is 4.39 Å². The number of halogens is 3. The molecule has 10 nitrogen and oxygen atoms in total. The second kappa shape index (κ2) is 12.9. The van der Waals surface area contributed by atoms with E-state index in [-0.39, 0.29) is 36.5 Å². The molecule has 0 saturated carbocycles. The van der Waals surface area contributed by atoms with Crippen LogP contribution in [0.3, 0.4) is 0 Å². The zero-order chi connectivity index (χ0) is 26.4. The van der Waals surface area contributed by atoms with E-state index < -0.39 is 11.9 Å². The van der Waals surface area contributed by atoms with Crippen LogP contribution in [0.25, 0.3) is 0 Å². The lowest BCUT2D eigenvalue weighted by Gasteiger charge is -2.45. The van der Waals surface area contributed by atoms with Gasteiger partial charge < -0.3 is 35.1 Å². The number of piperidine rings is 2. The second-order valence-corrected chi connectivity index (χ2v) is 9.90. The molecule has 1 unspecified atom stereocenters. The predicted octanol–water partition coefficient (Wildman–Crippen LogP) is 3.19. The lowest BCUT2D eigenvalue weighted by Crippen LogP contribution is -2.59. The summed E-state index contributed by atoms with van der Waals surface area (Å²) in [6.45, 7) is 2.21. The van der Waals surface area contributed by atoms with Gasteiger partial charge in [-0.1, -0.05) is 23.2 Å². The molecule has 2 aromatic rings. The molecule has 2 aliphatic heterocycles. The number of hydrogen-bond donors (Lipinski definition) is 2. The maximum atomic E-state index is 14.8. The molecule has 13 heteroatoms. The van der Waals surface area contributed by atoms with Crippen LogP contribution in [0, 0.1) is 5.82 Å². The number of nitrogens with one attached hydrogen (secondary N) is 1. The fourth-order valence-electron chi connectivity index (χ4n) is 4.72. The summed E-state index contributed by atoms with van der Waals surface area (Å²) >= 11 is 12.3. The number of ether oxygens (including phenoxy) is 3. The summed E-state index contributed by atoms with van der Waals surface area (Å²) in [4.78, 5) is 25.0. The first kappa shape index (κ1) is 27.6. The summed E-state index contributed by atoms with van der Waals surface area (Å²) in [5, 5.41) is 4.24. The van der Waals surface area contributed by atoms with Gasteiger partial charge in [-0.3, -0.25) is 4.79 Å². The zero-order valence-corrected chi connectivity index (χ0v) is 22.1. The molecule has 1 aromatic carbocycles. The number of benzene rings is 1. The van der Waals surface area contributed by atoms with E-state index in [9.17, 15) is 9.18 Å². The van der Waals surface area contributed by atoms with E-state index >= 15 is 0 Å². The Morgan fingerprint density at radius 3 is 2.73 bits per heavy atom. The first-order chi connectivity index (χ1) is 17.9. The Morgan fingerprint density at radius 1 is 1.19 bits per heavy atom. The van der Waals surface area contributed by atoms with Gasteiger partial charge in [-0.05, 0) is 37.5 Å². The number of hydrogen-bond acceptors (Lipinski definition) is 9. The molecule has 2 saturated heterocycles. The Kier molecular flexibility index (Phi) is 9.60. The molecule has 0 radical (unpaired) electrons. The standard InChI is InChI=1S/C24H31Cl2FN6O4/c1-35-5-6-36-14-37-19-10-18(11-32(12-19)23-21(27)22(28)29-13-30-23)33-4-2-3-20(24(33)34)31-17-8-15(25)7-16(26)9-17/h7-9,13,18-20,31H,2-6,10-12,14H2,1H3,(H2,28,29,30)/t18-,19+,20?/m1/s1. The summed E-state index contributed by atoms with van der Waals surface area (Å²) < 4.78 is 31.2. The average Bonchev–Trinajstić information content (AvgIpc) is 2.86. The molecule has 37 heavy (non-hydrogen) atoms. The predicted molar refractivity (Wildman–Crippen MR) is 139 cm³/mol. The minimum Gasteiger partial charge on any atom is -0.382 e. The molecule has 3 atom stereocenters. The number of nitrogens with two attached hydrogens (primary N) is 1. The van der Waals surface area contributed by atoms with Crippen molar-refractivity contribution in [2.45, 2.75) is 37.5 Å². The average molecular weight is 557 g/mol. The number of carbonyl (C=O) groups is 1. The van der Waals surface area contributed by atoms with Crippen molar-refractivity contribution < 1.29 is 23.4 Å². The molecule has 1 amide bonds. The molecule has 0 spiro atoms. The summed E-state index contributed by atoms with van der Waals surface area (Å²) in [5.74, 6) is -0.891. The quantitative estimate of drug-likeness (QED) is 0.336. The van der Waals surface area contributed by atoms with Gasteiger partial charge in [0.05, 0.1) is 25.4 Å². The second-order valence-electron chi connectivity index (χ2n) is 9.03. The van der Waals surface area contributed by atoms with E-state index in [0.29, 0.717) is 61.4 Å². The summed E-state index contributed by atoms with van der Waals surface area (Å²) in [7, 11) is 1.59. The van der Waals surface area contributed by atoms with E-state index in [4.69, 9.17) is 43.1 Å². The van der Waals surface area contributed by atoms with Crippen molar-refractivity contribution in [3.05, 3.63) is 40.4 Å². The molecular formula is C24H31Cl2FN6O4. The maximum Gasteiger partial charge on any atom is 0.245 e. The SMILES string of the molecule is COCCOCO[C@H]1C[C@@H](N2CCCC(Nc3cc(Cl)cc(Cl)c3)C2=O)CN(c2ncnc(N)c2F)C1. The third-order valence-corrected chi connectivity index (χ3v) is 6.86. The smallest absolute Gasteiger partial charge is 0.245 e. The van der Waals surface area contributed by atoms with Gasteiger partial charge >= 0.3 is 0 Å². The van der Waals surface area contributed by atoms with Gasteiger partial charge in [-0.15, -0.1) is 0 Å². The van der Waals surface area contributed by atoms with Crippen LogP contribution in [-0.4, -0.2) is 85.7 Å². The molecule has 1 aromatic heterocycles. The van der Waals surface area contributed by atoms with Crippen LogP contribution in [0.5, 0.6) is 0 Å². The number of methoxy groups -OCH3 is 1. The Bertz CT molecular complexity index is 1060. The lowest BCUT2D eigenvalue weighted by atomic mass is 9.96. The zero-order valence-electron chi connectivity index (χ0n) is 20.5. The van der Waals surface area contributed by atoms with Gasteiger partial charge in [-0.25, -0.2) is 9.97 Å². The summed E-state index contributed by atoms with van der Waals surface area (Å²) in [5.41, 5.74) is 6.37. The number of likely N-dealkylation sites (tertiary alicyclic amines) is 1. The number of nitrogen functional groups attached to an aromatic ring is 1. The minimum atomic E-state index is -0.694. The highest BCUT2D eigenvalue weighted by Crippen LogP contribution is 2.30. The van der Waals surface area contributed by atoms with E-state index in [1.165, 1.54) is 6.33 Å². The number of carbonyl (C=O) groups excluding carboxylic acids is 1. The van der Waals surface area contributed by atoms with Crippen LogP contribution >= 0.6 is 23.2 Å². The van der Waals surface area contributed by atoms with Crippen LogP contribution in [-0.2, 0) is 19.0 Å². The number of amides is 1. The molecule has 4 rings (SSSR count). The first-order valence-electron chi connectivity index (χ1n) is 12.1. The summed E-state index contributed by atoms with van der Waals surface area (Å²) in [6.07, 6.45) is 2.93. The van der Waals surface area contributed by atoms with Crippen LogP contribution in [0.15, 0.2) is 24.5 Å². The molecule has 0 bridgehead atoms. The minimum absolute atomic E-state index is 0.0491. The molecular weight excluding hydrogens is 526 g/mol. The lowest BCUT2D eigenvalue weighted by molar-refractivity contribution is -0.140. The van der Waals surface area contributed by atoms with Crippen molar-refractivity contribution >= 4 is 46.4 Å². The van der Waals surface area contributed by atoms with Crippen molar-refractivity contribution in [2.75, 3.05) is 62.7 Å². The normalized spacial score (nSPS) is 22.4. The first-order valence-corrected chi connectivity index (χ1v) is 12.8. The fraction of sp³-hybridized carbons (Fsp3) is 0.542. The Morgan fingerprint density at radius 2 is 1.97 bits per heavy atom. The molecule has 3 heterocycles. The maximum absolute atomic E-state index is 14.8. The number of aromatic nitrogens is 2. The van der Waals surface area contributed by atoms with E-state index in [2.05, 4.69) is 15.3 Å². The van der Waals surface area contributed by atoms with Crippen molar-refractivity contribution in [1.82, 2.24) is 14.9 Å². The molecule has 2 fully saturated rings. The van der Waals surface area contributed by atoms with Crippen molar-refractivity contribution in [2.24, 2.45) is 0 Å². The van der Waals surface area contributed by atoms with Gasteiger partial charge in [0.1, 0.15) is 19.2 Å². The summed E-state index contributed by atoms with van der Waals surface area (Å²) in [6, 6.07) is 4.42. The number of rotatable bonds is 10. The largest absolute Gasteiger partial charge is 0.382 e. The highest BCUT2D eigenvalue weighted by Gasteiger charge is 2.39. The van der Waals surface area contributed by atoms with Crippen LogP contribution in [0.1, 0.15) is 19.3 Å². The number of nitrogens with zero attached hydrogens (tertiary/aromatic N) is 4. The van der Waals surface area contributed by atoms with Crippen LogP contribution in [0.2, 0.25) is 10.0 Å².